The average molecular weight is 300 g/mol. The lowest BCUT2D eigenvalue weighted by Crippen LogP contribution is -2.30. The second-order valence-corrected chi connectivity index (χ2v) is 5.09. The zero-order chi connectivity index (χ0) is 12.7. The number of carbonyl (C=O) groups is 1. The molecule has 1 N–H and O–H groups in total. The number of nitrogens with one attached hydrogen (secondary N) is 1. The molecule has 1 atom stereocenters. The zero-order valence-electron chi connectivity index (χ0n) is 10.2. The van der Waals surface area contributed by atoms with E-state index in [0.29, 0.717) is 17.8 Å². The van der Waals surface area contributed by atoms with Crippen molar-refractivity contribution in [3.63, 3.8) is 0 Å². The van der Waals surface area contributed by atoms with Gasteiger partial charge in [-0.15, -0.1) is 0 Å². The van der Waals surface area contributed by atoms with Crippen LogP contribution in [0.15, 0.2) is 24.3 Å². The molecular weight excluding hydrogens is 282 g/mol. The minimum atomic E-state index is 0.0207. The lowest BCUT2D eigenvalue weighted by atomic mass is 10.1. The molecule has 0 fully saturated rings. The van der Waals surface area contributed by atoms with E-state index in [-0.39, 0.29) is 5.91 Å². The number of ether oxygens (including phenoxy) is 1. The Balaban J connectivity index is 2.50. The van der Waals surface area contributed by atoms with Crippen molar-refractivity contribution in [2.24, 2.45) is 0 Å². The lowest BCUT2D eigenvalue weighted by Gasteiger charge is -2.10. The van der Waals surface area contributed by atoms with Crippen molar-refractivity contribution >= 4 is 21.8 Å². The first-order valence-corrected chi connectivity index (χ1v) is 6.61. The number of halogens is 1. The Hall–Kier alpha value is -1.03. The van der Waals surface area contributed by atoms with Crippen LogP contribution in [-0.2, 0) is 11.2 Å². The van der Waals surface area contributed by atoms with Gasteiger partial charge in [-0.25, -0.2) is 0 Å². The first-order valence-electron chi connectivity index (χ1n) is 5.70. The molecule has 94 valence electrons. The van der Waals surface area contributed by atoms with E-state index in [2.05, 4.69) is 28.2 Å². The van der Waals surface area contributed by atoms with E-state index in [0.717, 1.165) is 17.7 Å². The largest absolute Gasteiger partial charge is 0.496 e. The Kier molecular flexibility index (Phi) is 6.05. The summed E-state index contributed by atoms with van der Waals surface area (Å²) in [5.41, 5.74) is 0.912. The standard InChI is InChI=1S/C13H18BrNO2/c1-3-11(14)9-15-13(16)8-10-6-4-5-7-12(10)17-2/h4-7,11H,3,8-9H2,1-2H3,(H,15,16). The summed E-state index contributed by atoms with van der Waals surface area (Å²) in [6.45, 7) is 2.73. The van der Waals surface area contributed by atoms with Gasteiger partial charge in [0.15, 0.2) is 0 Å². The number of para-hydroxylation sites is 1. The summed E-state index contributed by atoms with van der Waals surface area (Å²) in [5, 5.41) is 2.89. The van der Waals surface area contributed by atoms with Crippen LogP contribution < -0.4 is 10.1 Å². The van der Waals surface area contributed by atoms with Gasteiger partial charge in [-0.3, -0.25) is 4.79 Å². The molecular formula is C13H18BrNO2. The van der Waals surface area contributed by atoms with E-state index >= 15 is 0 Å². The topological polar surface area (TPSA) is 38.3 Å². The minimum absolute atomic E-state index is 0.0207. The van der Waals surface area contributed by atoms with E-state index in [1.807, 2.05) is 24.3 Å². The van der Waals surface area contributed by atoms with Crippen molar-refractivity contribution in [3.8, 4) is 5.75 Å². The molecule has 0 saturated heterocycles. The molecule has 0 saturated carbocycles. The quantitative estimate of drug-likeness (QED) is 0.820. The first-order chi connectivity index (χ1) is 8.17. The molecule has 0 spiro atoms. The van der Waals surface area contributed by atoms with Crippen molar-refractivity contribution in [2.45, 2.75) is 24.6 Å². The summed E-state index contributed by atoms with van der Waals surface area (Å²) in [4.78, 5) is 12.1. The average Bonchev–Trinajstić information content (AvgIpc) is 2.36. The SMILES string of the molecule is CCC(Br)CNC(=O)Cc1ccccc1OC. The van der Waals surface area contributed by atoms with Crippen LogP contribution in [0.4, 0.5) is 0 Å². The molecule has 0 aromatic heterocycles. The predicted octanol–water partition coefficient (Wildman–Crippen LogP) is 2.53. The van der Waals surface area contributed by atoms with Crippen molar-refractivity contribution in [1.29, 1.82) is 0 Å². The summed E-state index contributed by atoms with van der Waals surface area (Å²) in [5.74, 6) is 0.779. The van der Waals surface area contributed by atoms with E-state index in [1.165, 1.54) is 0 Å². The number of hydrogen-bond donors (Lipinski definition) is 1. The van der Waals surface area contributed by atoms with Crippen molar-refractivity contribution in [1.82, 2.24) is 5.32 Å². The third-order valence-corrected chi connectivity index (χ3v) is 3.48. The summed E-state index contributed by atoms with van der Waals surface area (Å²) in [7, 11) is 1.61. The second kappa shape index (κ2) is 7.33. The first kappa shape index (κ1) is 14.0. The molecule has 17 heavy (non-hydrogen) atoms. The second-order valence-electron chi connectivity index (χ2n) is 3.80. The van der Waals surface area contributed by atoms with Gasteiger partial charge in [-0.05, 0) is 12.5 Å². The van der Waals surface area contributed by atoms with Crippen LogP contribution in [0.1, 0.15) is 18.9 Å². The normalized spacial score (nSPS) is 11.9. The molecule has 1 aromatic carbocycles. The Morgan fingerprint density at radius 1 is 1.47 bits per heavy atom. The minimum Gasteiger partial charge on any atom is -0.496 e. The van der Waals surface area contributed by atoms with Gasteiger partial charge in [0.1, 0.15) is 5.75 Å². The Bertz CT molecular complexity index is 368. The molecule has 0 heterocycles. The van der Waals surface area contributed by atoms with E-state index < -0.39 is 0 Å². The summed E-state index contributed by atoms with van der Waals surface area (Å²) in [6, 6.07) is 7.57. The van der Waals surface area contributed by atoms with Crippen LogP contribution in [0, 0.1) is 0 Å². The van der Waals surface area contributed by atoms with Crippen LogP contribution in [0.5, 0.6) is 5.75 Å². The van der Waals surface area contributed by atoms with Crippen LogP contribution in [-0.4, -0.2) is 24.4 Å². The van der Waals surface area contributed by atoms with Gasteiger partial charge >= 0.3 is 0 Å². The molecule has 1 amide bonds. The number of alkyl halides is 1. The number of amides is 1. The number of methoxy groups -OCH3 is 1. The fourth-order valence-corrected chi connectivity index (χ4v) is 1.62. The van der Waals surface area contributed by atoms with Gasteiger partial charge in [0.05, 0.1) is 13.5 Å². The fourth-order valence-electron chi connectivity index (χ4n) is 1.45. The van der Waals surface area contributed by atoms with Crippen LogP contribution >= 0.6 is 15.9 Å². The third-order valence-electron chi connectivity index (χ3n) is 2.51. The Morgan fingerprint density at radius 3 is 2.82 bits per heavy atom. The number of benzene rings is 1. The van der Waals surface area contributed by atoms with Gasteiger partial charge < -0.3 is 10.1 Å². The number of hydrogen-bond acceptors (Lipinski definition) is 2. The highest BCUT2D eigenvalue weighted by atomic mass is 79.9. The van der Waals surface area contributed by atoms with Gasteiger partial charge in [-0.2, -0.15) is 0 Å². The third kappa shape index (κ3) is 4.77. The van der Waals surface area contributed by atoms with Crippen LogP contribution in [0.2, 0.25) is 0 Å². The molecule has 1 unspecified atom stereocenters. The van der Waals surface area contributed by atoms with Gasteiger partial charge in [0, 0.05) is 16.9 Å². The number of carbonyl (C=O) groups excluding carboxylic acids is 1. The summed E-state index contributed by atoms with van der Waals surface area (Å²) < 4.78 is 5.20. The molecule has 4 heteroatoms. The molecule has 3 nitrogen and oxygen atoms in total. The van der Waals surface area contributed by atoms with E-state index in [4.69, 9.17) is 4.74 Å². The smallest absolute Gasteiger partial charge is 0.224 e. The highest BCUT2D eigenvalue weighted by molar-refractivity contribution is 9.09. The van der Waals surface area contributed by atoms with Crippen LogP contribution in [0.3, 0.4) is 0 Å². The van der Waals surface area contributed by atoms with Gasteiger partial charge in [0.2, 0.25) is 5.91 Å². The molecule has 0 aliphatic carbocycles. The molecule has 1 rings (SSSR count). The molecule has 0 radical (unpaired) electrons. The van der Waals surface area contributed by atoms with Crippen LogP contribution in [0.25, 0.3) is 0 Å². The monoisotopic (exact) mass is 299 g/mol. The highest BCUT2D eigenvalue weighted by Crippen LogP contribution is 2.17. The lowest BCUT2D eigenvalue weighted by molar-refractivity contribution is -0.120. The van der Waals surface area contributed by atoms with E-state index in [9.17, 15) is 4.79 Å². The maximum absolute atomic E-state index is 11.7. The summed E-state index contributed by atoms with van der Waals surface area (Å²) >= 11 is 3.48. The van der Waals surface area contributed by atoms with Crippen molar-refractivity contribution in [3.05, 3.63) is 29.8 Å². The molecule has 1 aromatic rings. The van der Waals surface area contributed by atoms with Crippen molar-refractivity contribution in [2.75, 3.05) is 13.7 Å². The Labute approximate surface area is 111 Å². The molecule has 0 bridgehead atoms. The van der Waals surface area contributed by atoms with Gasteiger partial charge in [0.25, 0.3) is 0 Å². The van der Waals surface area contributed by atoms with E-state index in [1.54, 1.807) is 7.11 Å². The van der Waals surface area contributed by atoms with Crippen molar-refractivity contribution < 1.29 is 9.53 Å². The molecule has 0 aliphatic heterocycles. The zero-order valence-corrected chi connectivity index (χ0v) is 11.8. The van der Waals surface area contributed by atoms with Gasteiger partial charge in [-0.1, -0.05) is 41.1 Å². The Morgan fingerprint density at radius 2 is 2.18 bits per heavy atom. The summed E-state index contributed by atoms with van der Waals surface area (Å²) in [6.07, 6.45) is 1.35. The molecule has 0 aliphatic rings. The highest BCUT2D eigenvalue weighted by Gasteiger charge is 2.09. The maximum Gasteiger partial charge on any atom is 0.224 e. The number of rotatable bonds is 6. The predicted molar refractivity (Wildman–Crippen MR) is 72.7 cm³/mol. The fraction of sp³-hybridized carbons (Fsp3) is 0.462. The maximum atomic E-state index is 11.7.